The number of nitrogens with one attached hydrogen (secondary N) is 1. The zero-order chi connectivity index (χ0) is 24.0. The summed E-state index contributed by atoms with van der Waals surface area (Å²) in [5.41, 5.74) is 2.50. The van der Waals surface area contributed by atoms with Gasteiger partial charge in [0.2, 0.25) is 15.9 Å². The molecule has 0 aliphatic carbocycles. The lowest BCUT2D eigenvalue weighted by atomic mass is 10.1. The highest BCUT2D eigenvalue weighted by Gasteiger charge is 2.29. The predicted molar refractivity (Wildman–Crippen MR) is 132 cm³/mol. The number of hydrogen-bond donors (Lipinski definition) is 1. The molecule has 1 aliphatic heterocycles. The summed E-state index contributed by atoms with van der Waals surface area (Å²) in [6.45, 7) is 5.10. The summed E-state index contributed by atoms with van der Waals surface area (Å²) in [6, 6.07) is 11.8. The van der Waals surface area contributed by atoms with Crippen LogP contribution in [0, 0.1) is 0 Å². The fraction of sp³-hybridized carbons (Fsp3) is 0.458. The van der Waals surface area contributed by atoms with Gasteiger partial charge in [-0.05, 0) is 62.2 Å². The smallest absolute Gasteiger partial charge is 0.243 e. The van der Waals surface area contributed by atoms with Crippen LogP contribution in [0.5, 0.6) is 5.75 Å². The van der Waals surface area contributed by atoms with Gasteiger partial charge in [0.25, 0.3) is 0 Å². The maximum absolute atomic E-state index is 12.8. The Bertz CT molecular complexity index is 1050. The molecule has 1 N–H and O–H groups in total. The topological polar surface area (TPSA) is 79.0 Å². The van der Waals surface area contributed by atoms with Crippen LogP contribution in [0.2, 0.25) is 5.02 Å². The average molecular weight is 494 g/mol. The monoisotopic (exact) mass is 493 g/mol. The van der Waals surface area contributed by atoms with Crippen LogP contribution in [0.1, 0.15) is 37.3 Å². The molecule has 0 saturated carbocycles. The van der Waals surface area contributed by atoms with Gasteiger partial charge in [0.1, 0.15) is 11.8 Å². The summed E-state index contributed by atoms with van der Waals surface area (Å²) in [6.07, 6.45) is 4.90. The molecule has 1 aliphatic rings. The van der Waals surface area contributed by atoms with Crippen molar-refractivity contribution in [1.82, 2.24) is 10.2 Å². The lowest BCUT2D eigenvalue weighted by Crippen LogP contribution is -2.47. The van der Waals surface area contributed by atoms with Crippen LogP contribution in [0.3, 0.4) is 0 Å². The Morgan fingerprint density at radius 1 is 1.12 bits per heavy atom. The standard InChI is InChI=1S/C24H32ClN3O4S/c1-18(28(33(3,30)31)21-11-12-23(32-2)22(25)15-21)24(29)26-16-19-7-9-20(10-8-19)17-27-13-5-4-6-14-27/h7-12,15,18H,4-6,13-14,16-17H2,1-3H3,(H,26,29)/t18-/m1/s1. The molecule has 1 fully saturated rings. The molecule has 0 spiro atoms. The van der Waals surface area contributed by atoms with Gasteiger partial charge >= 0.3 is 0 Å². The molecule has 180 valence electrons. The molecule has 1 atom stereocenters. The zero-order valence-electron chi connectivity index (χ0n) is 19.4. The maximum atomic E-state index is 12.8. The number of halogens is 1. The fourth-order valence-corrected chi connectivity index (χ4v) is 5.49. The van der Waals surface area contributed by atoms with Gasteiger partial charge in [-0.3, -0.25) is 14.0 Å². The Kier molecular flexibility index (Phi) is 8.62. The van der Waals surface area contributed by atoms with E-state index in [9.17, 15) is 13.2 Å². The minimum Gasteiger partial charge on any atom is -0.495 e. The highest BCUT2D eigenvalue weighted by atomic mass is 35.5. The normalized spacial score (nSPS) is 15.6. The van der Waals surface area contributed by atoms with Gasteiger partial charge in [-0.1, -0.05) is 42.3 Å². The van der Waals surface area contributed by atoms with Crippen molar-refractivity contribution in [3.63, 3.8) is 0 Å². The molecular weight excluding hydrogens is 462 g/mol. The number of amides is 1. The molecule has 1 heterocycles. The zero-order valence-corrected chi connectivity index (χ0v) is 21.0. The van der Waals surface area contributed by atoms with Crippen molar-refractivity contribution in [1.29, 1.82) is 0 Å². The number of anilines is 1. The number of nitrogens with zero attached hydrogens (tertiary/aromatic N) is 2. The Labute approximate surface area is 201 Å². The molecule has 0 radical (unpaired) electrons. The van der Waals surface area contributed by atoms with Crippen molar-refractivity contribution in [2.75, 3.05) is 30.8 Å². The van der Waals surface area contributed by atoms with Crippen LogP contribution < -0.4 is 14.4 Å². The highest BCUT2D eigenvalue weighted by Crippen LogP contribution is 2.31. The van der Waals surface area contributed by atoms with Crippen LogP contribution in [-0.2, 0) is 27.9 Å². The van der Waals surface area contributed by atoms with Crippen molar-refractivity contribution in [2.45, 2.75) is 45.3 Å². The van der Waals surface area contributed by atoms with E-state index in [2.05, 4.69) is 22.3 Å². The number of ether oxygens (including phenoxy) is 1. The number of methoxy groups -OCH3 is 1. The number of piperidine rings is 1. The third kappa shape index (κ3) is 6.85. The molecular formula is C24H32ClN3O4S. The molecule has 9 heteroatoms. The number of carbonyl (C=O) groups is 1. The number of rotatable bonds is 9. The van der Waals surface area contributed by atoms with Crippen molar-refractivity contribution in [3.05, 3.63) is 58.6 Å². The van der Waals surface area contributed by atoms with Gasteiger partial charge in [-0.2, -0.15) is 0 Å². The molecule has 2 aromatic rings. The van der Waals surface area contributed by atoms with Crippen LogP contribution in [0.4, 0.5) is 5.69 Å². The van der Waals surface area contributed by atoms with Crippen LogP contribution >= 0.6 is 11.6 Å². The fourth-order valence-electron chi connectivity index (χ4n) is 4.08. The molecule has 1 saturated heterocycles. The molecule has 7 nitrogen and oxygen atoms in total. The molecule has 1 amide bonds. The molecule has 0 aromatic heterocycles. The summed E-state index contributed by atoms with van der Waals surface area (Å²) in [5, 5.41) is 3.11. The van der Waals surface area contributed by atoms with Gasteiger partial charge in [0, 0.05) is 13.1 Å². The van der Waals surface area contributed by atoms with E-state index in [0.717, 1.165) is 35.8 Å². The van der Waals surface area contributed by atoms with Gasteiger partial charge in [0.05, 0.1) is 24.1 Å². The summed E-state index contributed by atoms with van der Waals surface area (Å²) < 4.78 is 31.2. The van der Waals surface area contributed by atoms with E-state index < -0.39 is 22.0 Å². The second-order valence-electron chi connectivity index (χ2n) is 8.42. The number of hydrogen-bond acceptors (Lipinski definition) is 5. The van der Waals surface area contributed by atoms with E-state index in [-0.39, 0.29) is 5.02 Å². The Balaban J connectivity index is 1.63. The summed E-state index contributed by atoms with van der Waals surface area (Å²) >= 11 is 6.17. The summed E-state index contributed by atoms with van der Waals surface area (Å²) in [4.78, 5) is 15.3. The van der Waals surface area contributed by atoms with Gasteiger partial charge in [-0.15, -0.1) is 0 Å². The summed E-state index contributed by atoms with van der Waals surface area (Å²) in [7, 11) is -2.26. The van der Waals surface area contributed by atoms with Gasteiger partial charge < -0.3 is 10.1 Å². The molecule has 0 unspecified atom stereocenters. The summed E-state index contributed by atoms with van der Waals surface area (Å²) in [5.74, 6) is 0.0273. The Morgan fingerprint density at radius 2 is 1.76 bits per heavy atom. The van der Waals surface area contributed by atoms with E-state index in [1.807, 2.05) is 12.1 Å². The van der Waals surface area contributed by atoms with Crippen LogP contribution in [0.25, 0.3) is 0 Å². The third-order valence-electron chi connectivity index (χ3n) is 5.82. The average Bonchev–Trinajstić information content (AvgIpc) is 2.78. The Morgan fingerprint density at radius 3 is 2.33 bits per heavy atom. The van der Waals surface area contributed by atoms with E-state index in [1.54, 1.807) is 19.1 Å². The van der Waals surface area contributed by atoms with E-state index in [1.165, 1.54) is 38.0 Å². The quantitative estimate of drug-likeness (QED) is 0.574. The molecule has 3 rings (SSSR count). The van der Waals surface area contributed by atoms with Crippen molar-refractivity contribution < 1.29 is 17.9 Å². The first-order valence-electron chi connectivity index (χ1n) is 11.1. The number of benzene rings is 2. The minimum atomic E-state index is -3.73. The molecule has 2 aromatic carbocycles. The first-order chi connectivity index (χ1) is 15.7. The second-order valence-corrected chi connectivity index (χ2v) is 10.7. The van der Waals surface area contributed by atoms with E-state index in [4.69, 9.17) is 16.3 Å². The number of likely N-dealkylation sites (tertiary alicyclic amines) is 1. The minimum absolute atomic E-state index is 0.265. The number of carbonyl (C=O) groups excluding carboxylic acids is 1. The predicted octanol–water partition coefficient (Wildman–Crippen LogP) is 3.81. The van der Waals surface area contributed by atoms with Gasteiger partial charge in [-0.25, -0.2) is 8.42 Å². The lowest BCUT2D eigenvalue weighted by molar-refractivity contribution is -0.122. The second kappa shape index (κ2) is 11.2. The van der Waals surface area contributed by atoms with Crippen LogP contribution in [-0.4, -0.2) is 51.7 Å². The first-order valence-corrected chi connectivity index (χ1v) is 13.3. The Hall–Kier alpha value is -2.29. The van der Waals surface area contributed by atoms with Crippen molar-refractivity contribution in [3.8, 4) is 5.75 Å². The number of sulfonamides is 1. The highest BCUT2D eigenvalue weighted by molar-refractivity contribution is 7.92. The van der Waals surface area contributed by atoms with Crippen LogP contribution in [0.15, 0.2) is 42.5 Å². The maximum Gasteiger partial charge on any atom is 0.243 e. The van der Waals surface area contributed by atoms with Crippen molar-refractivity contribution >= 4 is 33.2 Å². The largest absolute Gasteiger partial charge is 0.495 e. The van der Waals surface area contributed by atoms with E-state index >= 15 is 0 Å². The SMILES string of the molecule is COc1ccc(N([C@H](C)C(=O)NCc2ccc(CN3CCCCC3)cc2)S(C)(=O)=O)cc1Cl. The molecule has 0 bridgehead atoms. The first kappa shape index (κ1) is 25.3. The molecule has 33 heavy (non-hydrogen) atoms. The van der Waals surface area contributed by atoms with Gasteiger partial charge in [0.15, 0.2) is 0 Å². The van der Waals surface area contributed by atoms with Crippen molar-refractivity contribution in [2.24, 2.45) is 0 Å². The lowest BCUT2D eigenvalue weighted by Gasteiger charge is -2.28. The van der Waals surface area contributed by atoms with E-state index in [0.29, 0.717) is 18.0 Å². The third-order valence-corrected chi connectivity index (χ3v) is 7.36.